The van der Waals surface area contributed by atoms with Gasteiger partial charge in [0.25, 0.3) is 0 Å². The zero-order valence-corrected chi connectivity index (χ0v) is 9.28. The van der Waals surface area contributed by atoms with E-state index >= 15 is 0 Å². The van der Waals surface area contributed by atoms with E-state index in [0.29, 0.717) is 11.8 Å². The van der Waals surface area contributed by atoms with Gasteiger partial charge >= 0.3 is 0 Å². The standard InChI is InChI=1S/C11H19N3O/c1-2-9(12)11-13-10(14-15-11)8-6-4-3-5-7-8/h8-9H,2-7,12H2,1H3. The van der Waals surface area contributed by atoms with Gasteiger partial charge in [0.2, 0.25) is 5.89 Å². The average molecular weight is 209 g/mol. The molecule has 0 saturated heterocycles. The quantitative estimate of drug-likeness (QED) is 0.830. The van der Waals surface area contributed by atoms with Crippen LogP contribution in [0.4, 0.5) is 0 Å². The Labute approximate surface area is 90.2 Å². The highest BCUT2D eigenvalue weighted by molar-refractivity contribution is 4.98. The molecule has 1 saturated carbocycles. The van der Waals surface area contributed by atoms with E-state index in [1.807, 2.05) is 6.92 Å². The summed E-state index contributed by atoms with van der Waals surface area (Å²) in [5.41, 5.74) is 5.84. The van der Waals surface area contributed by atoms with Crippen molar-refractivity contribution in [3.63, 3.8) is 0 Å². The molecule has 2 N–H and O–H groups in total. The molecule has 1 heterocycles. The van der Waals surface area contributed by atoms with E-state index in [2.05, 4.69) is 10.1 Å². The van der Waals surface area contributed by atoms with Gasteiger partial charge in [-0.1, -0.05) is 31.3 Å². The van der Waals surface area contributed by atoms with Crippen molar-refractivity contribution in [3.05, 3.63) is 11.7 Å². The van der Waals surface area contributed by atoms with Gasteiger partial charge in [0.15, 0.2) is 5.82 Å². The average Bonchev–Trinajstić information content (AvgIpc) is 2.78. The van der Waals surface area contributed by atoms with Gasteiger partial charge in [0.1, 0.15) is 0 Å². The van der Waals surface area contributed by atoms with Crippen molar-refractivity contribution in [3.8, 4) is 0 Å². The van der Waals surface area contributed by atoms with Crippen LogP contribution in [0.2, 0.25) is 0 Å². The first-order valence-corrected chi connectivity index (χ1v) is 5.90. The second-order valence-electron chi connectivity index (χ2n) is 4.34. The molecule has 0 aliphatic heterocycles. The molecule has 1 aromatic heterocycles. The zero-order valence-electron chi connectivity index (χ0n) is 9.28. The molecule has 0 aromatic carbocycles. The summed E-state index contributed by atoms with van der Waals surface area (Å²) in [7, 11) is 0. The molecule has 1 aromatic rings. The summed E-state index contributed by atoms with van der Waals surface area (Å²) >= 11 is 0. The Morgan fingerprint density at radius 2 is 2.13 bits per heavy atom. The number of rotatable bonds is 3. The van der Waals surface area contributed by atoms with Crippen LogP contribution in [-0.4, -0.2) is 10.1 Å². The van der Waals surface area contributed by atoms with E-state index in [9.17, 15) is 0 Å². The SMILES string of the molecule is CCC(N)c1nc(C2CCCCC2)no1. The fourth-order valence-corrected chi connectivity index (χ4v) is 2.10. The normalized spacial score (nSPS) is 20.4. The number of hydrogen-bond donors (Lipinski definition) is 1. The number of hydrogen-bond acceptors (Lipinski definition) is 4. The summed E-state index contributed by atoms with van der Waals surface area (Å²) in [6, 6.07) is -0.102. The Balaban J connectivity index is 2.05. The maximum absolute atomic E-state index is 5.84. The second kappa shape index (κ2) is 4.75. The van der Waals surface area contributed by atoms with Crippen LogP contribution < -0.4 is 5.73 Å². The molecule has 1 atom stereocenters. The molecule has 0 spiro atoms. The molecule has 15 heavy (non-hydrogen) atoms. The predicted molar refractivity (Wildman–Crippen MR) is 57.3 cm³/mol. The Bertz CT molecular complexity index is 305. The lowest BCUT2D eigenvalue weighted by Gasteiger charge is -2.17. The topological polar surface area (TPSA) is 64.9 Å². The maximum Gasteiger partial charge on any atom is 0.243 e. The van der Waals surface area contributed by atoms with E-state index in [0.717, 1.165) is 12.2 Å². The molecule has 1 aliphatic carbocycles. The van der Waals surface area contributed by atoms with E-state index in [1.165, 1.54) is 32.1 Å². The molecule has 0 radical (unpaired) electrons. The molecule has 0 amide bonds. The molecular weight excluding hydrogens is 190 g/mol. The summed E-state index contributed by atoms with van der Waals surface area (Å²) < 4.78 is 5.18. The van der Waals surface area contributed by atoms with E-state index in [1.54, 1.807) is 0 Å². The first-order chi connectivity index (χ1) is 7.31. The van der Waals surface area contributed by atoms with Gasteiger partial charge < -0.3 is 10.3 Å². The lowest BCUT2D eigenvalue weighted by molar-refractivity contribution is 0.339. The van der Waals surface area contributed by atoms with Crippen LogP contribution in [-0.2, 0) is 0 Å². The molecule has 84 valence electrons. The molecule has 4 heteroatoms. The summed E-state index contributed by atoms with van der Waals surface area (Å²) in [5, 5.41) is 4.04. The monoisotopic (exact) mass is 209 g/mol. The molecular formula is C11H19N3O. The van der Waals surface area contributed by atoms with Crippen molar-refractivity contribution in [1.29, 1.82) is 0 Å². The highest BCUT2D eigenvalue weighted by Crippen LogP contribution is 2.31. The fourth-order valence-electron chi connectivity index (χ4n) is 2.10. The van der Waals surface area contributed by atoms with Crippen LogP contribution in [0, 0.1) is 0 Å². The lowest BCUT2D eigenvalue weighted by atomic mass is 9.89. The summed E-state index contributed by atoms with van der Waals surface area (Å²) in [6.07, 6.45) is 7.14. The van der Waals surface area contributed by atoms with Crippen LogP contribution in [0.25, 0.3) is 0 Å². The highest BCUT2D eigenvalue weighted by Gasteiger charge is 2.22. The van der Waals surface area contributed by atoms with Crippen molar-refractivity contribution >= 4 is 0 Å². The Morgan fingerprint density at radius 3 is 2.80 bits per heavy atom. The Hall–Kier alpha value is -0.900. The third-order valence-corrected chi connectivity index (χ3v) is 3.18. The van der Waals surface area contributed by atoms with Crippen molar-refractivity contribution in [2.75, 3.05) is 0 Å². The van der Waals surface area contributed by atoms with E-state index in [-0.39, 0.29) is 6.04 Å². The van der Waals surface area contributed by atoms with Gasteiger partial charge in [-0.2, -0.15) is 4.98 Å². The van der Waals surface area contributed by atoms with Crippen LogP contribution in [0.1, 0.15) is 69.1 Å². The van der Waals surface area contributed by atoms with E-state index in [4.69, 9.17) is 10.3 Å². The van der Waals surface area contributed by atoms with E-state index < -0.39 is 0 Å². The van der Waals surface area contributed by atoms with Crippen LogP contribution in [0.15, 0.2) is 4.52 Å². The third-order valence-electron chi connectivity index (χ3n) is 3.18. The van der Waals surface area contributed by atoms with Gasteiger partial charge in [-0.05, 0) is 19.3 Å². The van der Waals surface area contributed by atoms with Crippen molar-refractivity contribution in [2.45, 2.75) is 57.4 Å². The first-order valence-electron chi connectivity index (χ1n) is 5.90. The van der Waals surface area contributed by atoms with Gasteiger partial charge in [0.05, 0.1) is 6.04 Å². The summed E-state index contributed by atoms with van der Waals surface area (Å²) in [4.78, 5) is 4.40. The zero-order chi connectivity index (χ0) is 10.7. The number of nitrogens with two attached hydrogens (primary N) is 1. The second-order valence-corrected chi connectivity index (χ2v) is 4.34. The predicted octanol–water partition coefficient (Wildman–Crippen LogP) is 2.53. The van der Waals surface area contributed by atoms with Gasteiger partial charge in [0, 0.05) is 5.92 Å². The summed E-state index contributed by atoms with van der Waals surface area (Å²) in [5.74, 6) is 1.96. The van der Waals surface area contributed by atoms with Crippen molar-refractivity contribution in [1.82, 2.24) is 10.1 Å². The van der Waals surface area contributed by atoms with Crippen LogP contribution >= 0.6 is 0 Å². The van der Waals surface area contributed by atoms with Crippen LogP contribution in [0.3, 0.4) is 0 Å². The smallest absolute Gasteiger partial charge is 0.243 e. The van der Waals surface area contributed by atoms with Crippen LogP contribution in [0.5, 0.6) is 0 Å². The van der Waals surface area contributed by atoms with Gasteiger partial charge in [-0.3, -0.25) is 0 Å². The van der Waals surface area contributed by atoms with Gasteiger partial charge in [-0.15, -0.1) is 0 Å². The fraction of sp³-hybridized carbons (Fsp3) is 0.818. The van der Waals surface area contributed by atoms with Crippen molar-refractivity contribution in [2.24, 2.45) is 5.73 Å². The summed E-state index contributed by atoms with van der Waals surface area (Å²) in [6.45, 7) is 2.02. The lowest BCUT2D eigenvalue weighted by Crippen LogP contribution is -2.10. The highest BCUT2D eigenvalue weighted by atomic mass is 16.5. The molecule has 1 fully saturated rings. The molecule has 4 nitrogen and oxygen atoms in total. The Kier molecular flexibility index (Phi) is 3.36. The molecule has 0 bridgehead atoms. The number of nitrogens with zero attached hydrogens (tertiary/aromatic N) is 2. The minimum atomic E-state index is -0.102. The minimum absolute atomic E-state index is 0.102. The third kappa shape index (κ3) is 2.37. The maximum atomic E-state index is 5.84. The first kappa shape index (κ1) is 10.6. The largest absolute Gasteiger partial charge is 0.338 e. The molecule has 2 rings (SSSR count). The molecule has 1 aliphatic rings. The van der Waals surface area contributed by atoms with Gasteiger partial charge in [-0.25, -0.2) is 0 Å². The Morgan fingerprint density at radius 1 is 1.40 bits per heavy atom. The minimum Gasteiger partial charge on any atom is -0.338 e. The number of aromatic nitrogens is 2. The molecule has 1 unspecified atom stereocenters. The van der Waals surface area contributed by atoms with Crippen molar-refractivity contribution < 1.29 is 4.52 Å².